The summed E-state index contributed by atoms with van der Waals surface area (Å²) in [4.78, 5) is 12.0. The van der Waals surface area contributed by atoms with Gasteiger partial charge in [-0.3, -0.25) is 4.79 Å². The normalized spacial score (nSPS) is 17.1. The molecule has 0 spiro atoms. The fourth-order valence-corrected chi connectivity index (χ4v) is 2.24. The van der Waals surface area contributed by atoms with E-state index in [-0.39, 0.29) is 11.4 Å². The van der Waals surface area contributed by atoms with Gasteiger partial charge >= 0.3 is 0 Å². The van der Waals surface area contributed by atoms with Crippen LogP contribution < -0.4 is 14.8 Å². The number of nitrogens with one attached hydrogen (secondary N) is 1. The highest BCUT2D eigenvalue weighted by Crippen LogP contribution is 2.37. The predicted octanol–water partition coefficient (Wildman–Crippen LogP) is 1.77. The second-order valence-corrected chi connectivity index (χ2v) is 4.84. The van der Waals surface area contributed by atoms with E-state index < -0.39 is 0 Å². The maximum atomic E-state index is 12.0. The van der Waals surface area contributed by atoms with Gasteiger partial charge in [-0.05, 0) is 32.4 Å². The number of rotatable bonds is 2. The number of hydrogen-bond donors (Lipinski definition) is 1. The molecular weight excluding hydrogens is 218 g/mol. The average molecular weight is 235 g/mol. The minimum atomic E-state index is -0.260. The van der Waals surface area contributed by atoms with Crippen LogP contribution >= 0.6 is 0 Å². The molecular formula is C13H17NO3. The summed E-state index contributed by atoms with van der Waals surface area (Å²) in [7, 11) is 3.19. The average Bonchev–Trinajstić information content (AvgIpc) is 2.25. The molecule has 1 heterocycles. The van der Waals surface area contributed by atoms with Crippen LogP contribution in [0.3, 0.4) is 0 Å². The number of ether oxygens (including phenoxy) is 2. The monoisotopic (exact) mass is 235 g/mol. The fraction of sp³-hybridized carbons (Fsp3) is 0.462. The number of benzene rings is 1. The molecule has 1 aromatic carbocycles. The molecule has 1 aliphatic rings. The smallest absolute Gasteiger partial charge is 0.252 e. The second kappa shape index (κ2) is 3.95. The van der Waals surface area contributed by atoms with Crippen molar-refractivity contribution in [2.75, 3.05) is 14.2 Å². The van der Waals surface area contributed by atoms with Crippen LogP contribution in [0.25, 0.3) is 0 Å². The van der Waals surface area contributed by atoms with E-state index >= 15 is 0 Å². The standard InChI is InChI=1S/C13H17NO3/c1-13(2)7-9-8(12(15)14-13)5-6-10(16-3)11(9)17-4/h5-6H,7H2,1-4H3,(H,14,15). The molecule has 0 atom stereocenters. The lowest BCUT2D eigenvalue weighted by molar-refractivity contribution is 0.0895. The topological polar surface area (TPSA) is 47.6 Å². The zero-order valence-electron chi connectivity index (χ0n) is 10.6. The molecule has 0 aromatic heterocycles. The van der Waals surface area contributed by atoms with Gasteiger partial charge in [-0.25, -0.2) is 0 Å². The van der Waals surface area contributed by atoms with Gasteiger partial charge in [0.1, 0.15) is 0 Å². The van der Waals surface area contributed by atoms with Gasteiger partial charge in [0.15, 0.2) is 11.5 Å². The van der Waals surface area contributed by atoms with Crippen molar-refractivity contribution in [1.82, 2.24) is 5.32 Å². The molecule has 2 rings (SSSR count). The molecule has 0 saturated carbocycles. The summed E-state index contributed by atoms with van der Waals surface area (Å²) in [5, 5.41) is 2.97. The van der Waals surface area contributed by atoms with Crippen molar-refractivity contribution in [2.45, 2.75) is 25.8 Å². The molecule has 1 N–H and O–H groups in total. The molecule has 0 bridgehead atoms. The number of carbonyl (C=O) groups is 1. The lowest BCUT2D eigenvalue weighted by Crippen LogP contribution is -2.49. The third-order valence-corrected chi connectivity index (χ3v) is 2.96. The highest BCUT2D eigenvalue weighted by molar-refractivity contribution is 5.98. The Morgan fingerprint density at radius 3 is 2.53 bits per heavy atom. The van der Waals surface area contributed by atoms with Gasteiger partial charge in [0.2, 0.25) is 0 Å². The lowest BCUT2D eigenvalue weighted by Gasteiger charge is -2.33. The third kappa shape index (κ3) is 1.95. The summed E-state index contributed by atoms with van der Waals surface area (Å²) in [6.07, 6.45) is 0.731. The summed E-state index contributed by atoms with van der Waals surface area (Å²) >= 11 is 0. The summed E-state index contributed by atoms with van der Waals surface area (Å²) in [6, 6.07) is 3.54. The van der Waals surface area contributed by atoms with Crippen LogP contribution in [0.2, 0.25) is 0 Å². The molecule has 17 heavy (non-hydrogen) atoms. The van der Waals surface area contributed by atoms with Crippen molar-refractivity contribution >= 4 is 5.91 Å². The minimum Gasteiger partial charge on any atom is -0.493 e. The summed E-state index contributed by atoms with van der Waals surface area (Å²) < 4.78 is 10.6. The first-order valence-corrected chi connectivity index (χ1v) is 5.55. The van der Waals surface area contributed by atoms with E-state index in [2.05, 4.69) is 5.32 Å². The van der Waals surface area contributed by atoms with Gasteiger partial charge in [0, 0.05) is 16.7 Å². The first-order chi connectivity index (χ1) is 7.98. The molecule has 1 aromatic rings. The maximum absolute atomic E-state index is 12.0. The fourth-order valence-electron chi connectivity index (χ4n) is 2.24. The molecule has 0 unspecified atom stereocenters. The van der Waals surface area contributed by atoms with Crippen LogP contribution in [0.1, 0.15) is 29.8 Å². The van der Waals surface area contributed by atoms with Crippen molar-refractivity contribution in [1.29, 1.82) is 0 Å². The van der Waals surface area contributed by atoms with Crippen molar-refractivity contribution in [3.8, 4) is 11.5 Å². The van der Waals surface area contributed by atoms with E-state index in [1.807, 2.05) is 13.8 Å². The summed E-state index contributed by atoms with van der Waals surface area (Å²) in [5.74, 6) is 1.27. The first-order valence-electron chi connectivity index (χ1n) is 5.55. The number of methoxy groups -OCH3 is 2. The summed E-state index contributed by atoms with van der Waals surface area (Å²) in [6.45, 7) is 3.99. The Hall–Kier alpha value is -1.71. The Morgan fingerprint density at radius 2 is 1.94 bits per heavy atom. The molecule has 1 amide bonds. The largest absolute Gasteiger partial charge is 0.493 e. The van der Waals surface area contributed by atoms with E-state index in [0.717, 1.165) is 12.0 Å². The maximum Gasteiger partial charge on any atom is 0.252 e. The van der Waals surface area contributed by atoms with Crippen molar-refractivity contribution < 1.29 is 14.3 Å². The number of fused-ring (bicyclic) bond motifs is 1. The van der Waals surface area contributed by atoms with Gasteiger partial charge in [-0.1, -0.05) is 0 Å². The van der Waals surface area contributed by atoms with Crippen molar-refractivity contribution in [3.05, 3.63) is 23.3 Å². The minimum absolute atomic E-state index is 0.0581. The SMILES string of the molecule is COc1ccc2c(c1OC)CC(C)(C)NC2=O. The third-order valence-electron chi connectivity index (χ3n) is 2.96. The number of hydrogen-bond acceptors (Lipinski definition) is 3. The van der Waals surface area contributed by atoms with Crippen LogP contribution in [-0.4, -0.2) is 25.7 Å². The van der Waals surface area contributed by atoms with E-state index in [9.17, 15) is 4.79 Å². The highest BCUT2D eigenvalue weighted by Gasteiger charge is 2.33. The van der Waals surface area contributed by atoms with Gasteiger partial charge in [0.25, 0.3) is 5.91 Å². The summed E-state index contributed by atoms with van der Waals surface area (Å²) in [5.41, 5.74) is 1.33. The Bertz CT molecular complexity index is 466. The molecule has 92 valence electrons. The molecule has 0 saturated heterocycles. The Morgan fingerprint density at radius 1 is 1.24 bits per heavy atom. The zero-order valence-corrected chi connectivity index (χ0v) is 10.6. The van der Waals surface area contributed by atoms with Crippen LogP contribution in [-0.2, 0) is 6.42 Å². The highest BCUT2D eigenvalue weighted by atomic mass is 16.5. The van der Waals surface area contributed by atoms with Crippen LogP contribution in [0.15, 0.2) is 12.1 Å². The van der Waals surface area contributed by atoms with E-state index in [0.29, 0.717) is 17.1 Å². The molecule has 4 nitrogen and oxygen atoms in total. The molecule has 0 fully saturated rings. The van der Waals surface area contributed by atoms with Gasteiger partial charge in [-0.15, -0.1) is 0 Å². The predicted molar refractivity (Wildman–Crippen MR) is 64.8 cm³/mol. The Kier molecular flexibility index (Phi) is 2.73. The van der Waals surface area contributed by atoms with E-state index in [1.54, 1.807) is 26.4 Å². The molecule has 0 radical (unpaired) electrons. The first kappa shape index (κ1) is 11.8. The van der Waals surface area contributed by atoms with Gasteiger partial charge < -0.3 is 14.8 Å². The van der Waals surface area contributed by atoms with Crippen molar-refractivity contribution in [2.24, 2.45) is 0 Å². The molecule has 0 aliphatic carbocycles. The van der Waals surface area contributed by atoms with Gasteiger partial charge in [-0.2, -0.15) is 0 Å². The second-order valence-electron chi connectivity index (χ2n) is 4.84. The Labute approximate surface area is 101 Å². The quantitative estimate of drug-likeness (QED) is 0.849. The van der Waals surface area contributed by atoms with E-state index in [4.69, 9.17) is 9.47 Å². The van der Waals surface area contributed by atoms with Crippen molar-refractivity contribution in [3.63, 3.8) is 0 Å². The van der Waals surface area contributed by atoms with Crippen LogP contribution in [0.4, 0.5) is 0 Å². The van der Waals surface area contributed by atoms with Crippen LogP contribution in [0, 0.1) is 0 Å². The van der Waals surface area contributed by atoms with Gasteiger partial charge in [0.05, 0.1) is 14.2 Å². The van der Waals surface area contributed by atoms with Crippen LogP contribution in [0.5, 0.6) is 11.5 Å². The molecule has 4 heteroatoms. The van der Waals surface area contributed by atoms with E-state index in [1.165, 1.54) is 0 Å². The Balaban J connectivity index is 2.61. The molecule has 1 aliphatic heterocycles. The number of carbonyl (C=O) groups excluding carboxylic acids is 1. The lowest BCUT2D eigenvalue weighted by atomic mass is 9.86. The number of amides is 1. The zero-order chi connectivity index (χ0) is 12.6.